The van der Waals surface area contributed by atoms with Crippen LogP contribution < -0.4 is 40.2 Å². The standard InChI is InChI=1S/C56H70Cl2F2N8O9/c1-53(2,3)76-51(69)61-15-13-17-74-47-21-35-43(25-45(47)71-11)63-31-65-49(35)67-41-23-37(57)39(59)19-33(41)27-55(7,8)29-73-30-56(9,10)28-34-20-40(60)38(58)24-42(34)68-50-36-22-48(46(72-12)26-44(36)64-32-66-50)75-18-14-16-62-52(70)77-54(4,5)6/h19-26,31-32H,13-18,27-30H2,1-12H3,(H,61,69)(H,62,70)(H,63,65,67)(H,64,66,68). The van der Waals surface area contributed by atoms with Crippen LogP contribution in [0.2, 0.25) is 10.0 Å². The highest BCUT2D eigenvalue weighted by Crippen LogP contribution is 2.40. The lowest BCUT2D eigenvalue weighted by molar-refractivity contribution is 0.0155. The fraction of sp³-hybridized carbons (Fsp3) is 0.464. The number of fused-ring (bicyclic) bond motifs is 2. The van der Waals surface area contributed by atoms with Gasteiger partial charge in [-0.05, 0) is 126 Å². The lowest BCUT2D eigenvalue weighted by Gasteiger charge is -2.30. The fourth-order valence-corrected chi connectivity index (χ4v) is 8.41. The second kappa shape index (κ2) is 25.6. The topological polar surface area (TPSA) is 198 Å². The van der Waals surface area contributed by atoms with Crippen molar-refractivity contribution in [2.24, 2.45) is 10.8 Å². The molecule has 0 aliphatic rings. The summed E-state index contributed by atoms with van der Waals surface area (Å²) in [5, 5.41) is 13.3. The number of alkyl carbamates (subject to hydrolysis) is 2. The summed E-state index contributed by atoms with van der Waals surface area (Å²) in [6.45, 7) is 20.6. The number of hydrogen-bond donors (Lipinski definition) is 4. The van der Waals surface area contributed by atoms with Crippen LogP contribution in [-0.2, 0) is 27.1 Å². The summed E-state index contributed by atoms with van der Waals surface area (Å²) in [5.74, 6) is 1.46. The first-order chi connectivity index (χ1) is 36.2. The van der Waals surface area contributed by atoms with Gasteiger partial charge in [-0.1, -0.05) is 50.9 Å². The van der Waals surface area contributed by atoms with E-state index in [9.17, 15) is 9.59 Å². The van der Waals surface area contributed by atoms with Crippen LogP contribution in [0.5, 0.6) is 23.0 Å². The molecule has 0 atom stereocenters. The van der Waals surface area contributed by atoms with Crippen molar-refractivity contribution in [2.45, 2.75) is 106 Å². The molecule has 21 heteroatoms. The minimum absolute atomic E-state index is 0.0753. The first-order valence-electron chi connectivity index (χ1n) is 25.1. The molecule has 2 amide bonds. The average Bonchev–Trinajstić information content (AvgIpc) is 3.34. The Morgan fingerprint density at radius 3 is 1.30 bits per heavy atom. The molecular weight excluding hydrogens is 1040 g/mol. The molecule has 0 saturated heterocycles. The van der Waals surface area contributed by atoms with Crippen LogP contribution in [0.25, 0.3) is 21.8 Å². The Hall–Kier alpha value is -6.70. The van der Waals surface area contributed by atoms with Gasteiger partial charge < -0.3 is 54.4 Å². The highest BCUT2D eigenvalue weighted by Gasteiger charge is 2.28. The number of hydrogen-bond acceptors (Lipinski definition) is 15. The van der Waals surface area contributed by atoms with E-state index in [-0.39, 0.29) is 36.5 Å². The summed E-state index contributed by atoms with van der Waals surface area (Å²) in [4.78, 5) is 42.2. The van der Waals surface area contributed by atoms with Crippen molar-refractivity contribution in [1.29, 1.82) is 0 Å². The number of rotatable bonds is 24. The zero-order valence-corrected chi connectivity index (χ0v) is 47.3. The van der Waals surface area contributed by atoms with Crippen molar-refractivity contribution >= 4 is 80.2 Å². The molecule has 0 aliphatic heterocycles. The molecule has 6 rings (SSSR count). The van der Waals surface area contributed by atoms with E-state index >= 15 is 8.78 Å². The van der Waals surface area contributed by atoms with Crippen molar-refractivity contribution in [3.8, 4) is 23.0 Å². The average molecular weight is 1110 g/mol. The van der Waals surface area contributed by atoms with Crippen molar-refractivity contribution in [2.75, 3.05) is 64.4 Å². The molecule has 2 heterocycles. The second-order valence-electron chi connectivity index (χ2n) is 22.0. The largest absolute Gasteiger partial charge is 0.493 e. The first kappa shape index (κ1) is 59.5. The van der Waals surface area contributed by atoms with Gasteiger partial charge in [0.25, 0.3) is 0 Å². The maximum atomic E-state index is 15.3. The Morgan fingerprint density at radius 2 is 0.935 bits per heavy atom. The van der Waals surface area contributed by atoms with E-state index in [0.717, 1.165) is 0 Å². The van der Waals surface area contributed by atoms with Crippen molar-refractivity contribution in [1.82, 2.24) is 30.6 Å². The van der Waals surface area contributed by atoms with Crippen LogP contribution in [0.3, 0.4) is 0 Å². The molecule has 0 spiro atoms. The highest BCUT2D eigenvalue weighted by atomic mass is 35.5. The van der Waals surface area contributed by atoms with Gasteiger partial charge >= 0.3 is 12.2 Å². The fourth-order valence-electron chi connectivity index (χ4n) is 8.08. The van der Waals surface area contributed by atoms with Gasteiger partial charge in [-0.3, -0.25) is 0 Å². The van der Waals surface area contributed by atoms with Gasteiger partial charge in [-0.25, -0.2) is 38.3 Å². The van der Waals surface area contributed by atoms with Gasteiger partial charge in [0.05, 0.1) is 61.7 Å². The summed E-state index contributed by atoms with van der Waals surface area (Å²) in [6, 6.07) is 12.9. The lowest BCUT2D eigenvalue weighted by atomic mass is 9.84. The van der Waals surface area contributed by atoms with Crippen LogP contribution in [0.1, 0.15) is 93.2 Å². The summed E-state index contributed by atoms with van der Waals surface area (Å²) < 4.78 is 71.1. The molecule has 4 aromatic carbocycles. The van der Waals surface area contributed by atoms with Gasteiger partial charge in [-0.2, -0.15) is 0 Å². The molecule has 0 fully saturated rings. The summed E-state index contributed by atoms with van der Waals surface area (Å²) in [7, 11) is 3.06. The minimum atomic E-state index is -0.612. The van der Waals surface area contributed by atoms with Crippen molar-refractivity contribution < 1.29 is 51.5 Å². The Bertz CT molecular complexity index is 2840. The molecule has 77 heavy (non-hydrogen) atoms. The SMILES string of the molecule is COc1cc2ncnc(Nc3cc(Cl)c(F)cc3CC(C)(C)COCC(C)(C)Cc3cc(F)c(Cl)cc3Nc3ncnc4cc(OC)c(OCCCNC(=O)OC(C)(C)C)cc34)c2cc1OCCCNC(=O)OC(C)(C)C. The van der Waals surface area contributed by atoms with E-state index in [1.54, 1.807) is 65.8 Å². The smallest absolute Gasteiger partial charge is 0.407 e. The zero-order valence-electron chi connectivity index (χ0n) is 45.8. The third-order valence-corrected chi connectivity index (χ3v) is 12.0. The van der Waals surface area contributed by atoms with Gasteiger partial charge in [0.1, 0.15) is 47.1 Å². The number of carbonyl (C=O) groups is 2. The number of carbonyl (C=O) groups excluding carboxylic acids is 2. The molecule has 6 aromatic rings. The molecule has 0 radical (unpaired) electrons. The zero-order chi connectivity index (χ0) is 56.3. The predicted molar refractivity (Wildman–Crippen MR) is 296 cm³/mol. The number of halogens is 4. The number of anilines is 4. The number of nitrogens with zero attached hydrogens (tertiary/aromatic N) is 4. The van der Waals surface area contributed by atoms with Crippen LogP contribution in [-0.4, -0.2) is 97.1 Å². The molecule has 0 bridgehead atoms. The molecule has 4 N–H and O–H groups in total. The van der Waals surface area contributed by atoms with E-state index in [0.29, 0.717) is 118 Å². The van der Waals surface area contributed by atoms with Gasteiger partial charge in [0.15, 0.2) is 23.0 Å². The van der Waals surface area contributed by atoms with Gasteiger partial charge in [0, 0.05) is 47.4 Å². The quantitative estimate of drug-likeness (QED) is 0.0417. The normalized spacial score (nSPS) is 12.1. The van der Waals surface area contributed by atoms with E-state index < -0.39 is 45.9 Å². The maximum absolute atomic E-state index is 15.3. The Kier molecular flexibility index (Phi) is 19.8. The summed E-state index contributed by atoms with van der Waals surface area (Å²) in [6.07, 6.45) is 3.54. The molecule has 0 unspecified atom stereocenters. The Labute approximate surface area is 458 Å². The molecule has 0 aliphatic carbocycles. The number of amides is 2. The minimum Gasteiger partial charge on any atom is -0.493 e. The van der Waals surface area contributed by atoms with Crippen LogP contribution in [0.4, 0.5) is 41.4 Å². The first-order valence-corrected chi connectivity index (χ1v) is 25.9. The number of nitrogens with one attached hydrogen (secondary N) is 4. The Balaban J connectivity index is 1.12. The summed E-state index contributed by atoms with van der Waals surface area (Å²) in [5.41, 5.74) is 1.18. The second-order valence-corrected chi connectivity index (χ2v) is 22.8. The van der Waals surface area contributed by atoms with Crippen LogP contribution in [0, 0.1) is 22.5 Å². The van der Waals surface area contributed by atoms with Crippen molar-refractivity contribution in [3.63, 3.8) is 0 Å². The van der Waals surface area contributed by atoms with Gasteiger partial charge in [0.2, 0.25) is 0 Å². The van der Waals surface area contributed by atoms with Crippen molar-refractivity contribution in [3.05, 3.63) is 94.0 Å². The molecule has 17 nitrogen and oxygen atoms in total. The van der Waals surface area contributed by atoms with E-state index in [2.05, 4.69) is 41.2 Å². The summed E-state index contributed by atoms with van der Waals surface area (Å²) >= 11 is 12.8. The predicted octanol–water partition coefficient (Wildman–Crippen LogP) is 13.1. The molecular formula is C56H70Cl2F2N8O9. The van der Waals surface area contributed by atoms with E-state index in [4.69, 9.17) is 56.4 Å². The lowest BCUT2D eigenvalue weighted by Crippen LogP contribution is -2.33. The third kappa shape index (κ3) is 17.7. The van der Waals surface area contributed by atoms with Gasteiger partial charge in [-0.15, -0.1) is 0 Å². The number of aromatic nitrogens is 4. The highest BCUT2D eigenvalue weighted by molar-refractivity contribution is 6.31. The molecule has 2 aromatic heterocycles. The molecule has 416 valence electrons. The van der Waals surface area contributed by atoms with Crippen LogP contribution in [0.15, 0.2) is 61.2 Å². The number of ether oxygens (including phenoxy) is 7. The number of benzene rings is 4. The molecule has 0 saturated carbocycles. The maximum Gasteiger partial charge on any atom is 0.407 e. The number of methoxy groups -OCH3 is 2. The Morgan fingerprint density at radius 1 is 0.545 bits per heavy atom. The van der Waals surface area contributed by atoms with E-state index in [1.807, 2.05) is 27.7 Å². The van der Waals surface area contributed by atoms with E-state index in [1.165, 1.54) is 51.1 Å². The third-order valence-electron chi connectivity index (χ3n) is 11.5. The van der Waals surface area contributed by atoms with Crippen LogP contribution >= 0.6 is 23.2 Å². The monoisotopic (exact) mass is 1110 g/mol.